The van der Waals surface area contributed by atoms with Crippen molar-refractivity contribution >= 4 is 82.7 Å². The van der Waals surface area contributed by atoms with E-state index in [1.807, 2.05) is 0 Å². The summed E-state index contributed by atoms with van der Waals surface area (Å²) in [5, 5.41) is 9.36. The maximum atomic E-state index is 2.68. The first-order chi connectivity index (χ1) is 22.4. The van der Waals surface area contributed by atoms with Crippen molar-refractivity contribution in [3.05, 3.63) is 150 Å². The van der Waals surface area contributed by atoms with E-state index < -0.39 is 0 Å². The summed E-state index contributed by atoms with van der Waals surface area (Å²) in [7, 11) is 0. The summed E-state index contributed by atoms with van der Waals surface area (Å²) in [6.45, 7) is 0. The van der Waals surface area contributed by atoms with E-state index in [0.717, 1.165) is 0 Å². The monoisotopic (exact) mass is 571 g/mol. The number of para-hydroxylation sites is 5. The van der Waals surface area contributed by atoms with Crippen LogP contribution in [0.2, 0.25) is 0 Å². The number of hydrogen-bond donors (Lipinski definition) is 0. The van der Waals surface area contributed by atoms with E-state index in [9.17, 15) is 0 Å². The molecule has 0 radical (unpaired) electrons. The zero-order chi connectivity index (χ0) is 29.0. The van der Waals surface area contributed by atoms with Gasteiger partial charge in [0.1, 0.15) is 0 Å². The highest BCUT2D eigenvalue weighted by Crippen LogP contribution is 2.61. The molecule has 45 heavy (non-hydrogen) atoms. The van der Waals surface area contributed by atoms with Gasteiger partial charge in [0.15, 0.2) is 0 Å². The topological polar surface area (TPSA) is 12.1 Å². The van der Waals surface area contributed by atoms with Crippen LogP contribution in [-0.2, 0) is 0 Å². The molecule has 0 fully saturated rings. The molecule has 1 aliphatic heterocycles. The molecule has 0 saturated heterocycles. The summed E-state index contributed by atoms with van der Waals surface area (Å²) >= 11 is 0. The second-order valence-electron chi connectivity index (χ2n) is 12.8. The Balaban J connectivity index is 1.24. The Morgan fingerprint density at radius 1 is 0.467 bits per heavy atom. The van der Waals surface area contributed by atoms with Crippen molar-refractivity contribution in [3.63, 3.8) is 0 Å². The van der Waals surface area contributed by atoms with Crippen molar-refractivity contribution < 1.29 is 0 Å². The molecule has 3 nitrogen and oxygen atoms in total. The minimum absolute atomic E-state index is 0.147. The molecule has 208 valence electrons. The van der Waals surface area contributed by atoms with E-state index in [2.05, 4.69) is 153 Å². The number of aromatic nitrogens is 2. The average Bonchev–Trinajstić information content (AvgIpc) is 3.88. The van der Waals surface area contributed by atoms with Gasteiger partial charge in [-0.25, -0.2) is 0 Å². The Labute approximate surface area is 258 Å². The zero-order valence-electron chi connectivity index (χ0n) is 24.3. The molecular formula is C42H25N3. The molecule has 2 atom stereocenters. The van der Waals surface area contributed by atoms with Gasteiger partial charge in [0, 0.05) is 54.9 Å². The van der Waals surface area contributed by atoms with E-state index in [1.165, 1.54) is 93.5 Å². The fourth-order valence-corrected chi connectivity index (χ4v) is 9.33. The van der Waals surface area contributed by atoms with E-state index in [4.69, 9.17) is 0 Å². The summed E-state index contributed by atoms with van der Waals surface area (Å²) in [4.78, 5) is 2.68. The summed E-state index contributed by atoms with van der Waals surface area (Å²) in [5.41, 5.74) is 13.3. The van der Waals surface area contributed by atoms with Crippen LogP contribution in [0.4, 0.5) is 11.4 Å². The molecule has 0 spiro atoms. The highest BCUT2D eigenvalue weighted by molar-refractivity contribution is 6.26. The van der Waals surface area contributed by atoms with Crippen molar-refractivity contribution in [1.82, 2.24) is 8.80 Å². The Hall–Kier alpha value is -5.80. The van der Waals surface area contributed by atoms with Gasteiger partial charge in [-0.2, -0.15) is 0 Å². The Morgan fingerprint density at radius 2 is 1.09 bits per heavy atom. The molecule has 12 rings (SSSR count). The van der Waals surface area contributed by atoms with E-state index >= 15 is 0 Å². The molecule has 0 saturated carbocycles. The second-order valence-corrected chi connectivity index (χ2v) is 12.8. The molecule has 4 aromatic heterocycles. The van der Waals surface area contributed by atoms with Crippen molar-refractivity contribution in [2.75, 3.05) is 4.90 Å². The quantitative estimate of drug-likeness (QED) is 0.191. The third-order valence-electron chi connectivity index (χ3n) is 10.9. The van der Waals surface area contributed by atoms with Gasteiger partial charge in [0.05, 0.1) is 45.0 Å². The standard InChI is InChI=1S/C42H25N3/c1-2-10-24(11-3-1)43-41-29(20-22-35-37(41)31-16-8-14-27-25-12-4-6-18-33(25)44(35)39(27)31)30-21-23-36-38(42(30)43)32-17-9-15-28-26-13-5-7-19-34(26)45(36)40(28)32/h1-23,29,41H. The lowest BCUT2D eigenvalue weighted by Crippen LogP contribution is -2.24. The van der Waals surface area contributed by atoms with Crippen LogP contribution >= 0.6 is 0 Å². The van der Waals surface area contributed by atoms with Gasteiger partial charge in [-0.15, -0.1) is 0 Å². The minimum Gasteiger partial charge on any atom is -0.332 e. The van der Waals surface area contributed by atoms with Crippen LogP contribution < -0.4 is 4.90 Å². The van der Waals surface area contributed by atoms with Crippen LogP contribution in [0.5, 0.6) is 0 Å². The molecule has 0 bridgehead atoms. The maximum absolute atomic E-state index is 2.68. The average molecular weight is 572 g/mol. The number of benzene rings is 6. The summed E-state index contributed by atoms with van der Waals surface area (Å²) in [5.74, 6) is 0.242. The zero-order valence-corrected chi connectivity index (χ0v) is 24.3. The number of nitrogens with zero attached hydrogens (tertiary/aromatic N) is 3. The summed E-state index contributed by atoms with van der Waals surface area (Å²) in [6.07, 6.45) is 4.89. The molecule has 6 aromatic carbocycles. The number of fused-ring (bicyclic) bond motifs is 17. The highest BCUT2D eigenvalue weighted by atomic mass is 15.2. The molecule has 5 heterocycles. The largest absolute Gasteiger partial charge is 0.332 e. The molecule has 2 aliphatic rings. The van der Waals surface area contributed by atoms with Crippen LogP contribution in [0.25, 0.3) is 71.4 Å². The lowest BCUT2D eigenvalue weighted by molar-refractivity contribution is 0.671. The highest BCUT2D eigenvalue weighted by Gasteiger charge is 2.45. The Kier molecular flexibility index (Phi) is 3.85. The first-order valence-corrected chi connectivity index (χ1v) is 15.9. The van der Waals surface area contributed by atoms with Gasteiger partial charge in [-0.1, -0.05) is 103 Å². The smallest absolute Gasteiger partial charge is 0.0723 e. The predicted octanol–water partition coefficient (Wildman–Crippen LogP) is 10.8. The van der Waals surface area contributed by atoms with E-state index in [-0.39, 0.29) is 12.0 Å². The van der Waals surface area contributed by atoms with Gasteiger partial charge in [0.25, 0.3) is 0 Å². The van der Waals surface area contributed by atoms with Crippen LogP contribution in [-0.4, -0.2) is 8.80 Å². The van der Waals surface area contributed by atoms with Gasteiger partial charge in [0.2, 0.25) is 0 Å². The number of rotatable bonds is 1. The molecule has 1 aliphatic carbocycles. The summed E-state index contributed by atoms with van der Waals surface area (Å²) in [6, 6.07) is 47.5. The number of hydrogen-bond acceptors (Lipinski definition) is 1. The van der Waals surface area contributed by atoms with Crippen molar-refractivity contribution in [2.45, 2.75) is 12.0 Å². The normalized spacial score (nSPS) is 17.6. The summed E-state index contributed by atoms with van der Waals surface area (Å²) < 4.78 is 5.03. The van der Waals surface area contributed by atoms with Crippen LogP contribution in [0.3, 0.4) is 0 Å². The molecule has 3 heteroatoms. The third kappa shape index (κ3) is 2.48. The van der Waals surface area contributed by atoms with Crippen LogP contribution in [0, 0.1) is 0 Å². The number of anilines is 2. The molecule has 10 aromatic rings. The van der Waals surface area contributed by atoms with Crippen molar-refractivity contribution in [3.8, 4) is 0 Å². The lowest BCUT2D eigenvalue weighted by Gasteiger charge is -2.32. The van der Waals surface area contributed by atoms with E-state index in [0.29, 0.717) is 0 Å². The first-order valence-electron chi connectivity index (χ1n) is 15.9. The van der Waals surface area contributed by atoms with Crippen LogP contribution in [0.15, 0.2) is 133 Å². The molecule has 2 unspecified atom stereocenters. The fourth-order valence-electron chi connectivity index (χ4n) is 9.33. The van der Waals surface area contributed by atoms with Gasteiger partial charge in [-0.3, -0.25) is 0 Å². The maximum Gasteiger partial charge on any atom is 0.0723 e. The van der Waals surface area contributed by atoms with Gasteiger partial charge >= 0.3 is 0 Å². The third-order valence-corrected chi connectivity index (χ3v) is 10.9. The SMILES string of the molecule is C1=CC2c3ccc4c(c3N(c3ccccc3)C2c2c1n1c3ccccc3c3cccc2c31)c1cccc2c3ccccc3n4c21. The Bertz CT molecular complexity index is 2890. The lowest BCUT2D eigenvalue weighted by atomic mass is 9.84. The van der Waals surface area contributed by atoms with Crippen molar-refractivity contribution in [2.24, 2.45) is 0 Å². The van der Waals surface area contributed by atoms with Gasteiger partial charge < -0.3 is 13.7 Å². The minimum atomic E-state index is 0.147. The molecular weight excluding hydrogens is 546 g/mol. The van der Waals surface area contributed by atoms with Crippen LogP contribution in [0.1, 0.15) is 28.8 Å². The van der Waals surface area contributed by atoms with Gasteiger partial charge in [-0.05, 0) is 42.0 Å². The second kappa shape index (κ2) is 7.64. The fraction of sp³-hybridized carbons (Fsp3) is 0.0476. The first kappa shape index (κ1) is 22.7. The van der Waals surface area contributed by atoms with Crippen molar-refractivity contribution in [1.29, 1.82) is 0 Å². The Morgan fingerprint density at radius 3 is 1.87 bits per heavy atom. The molecule has 0 amide bonds. The van der Waals surface area contributed by atoms with E-state index in [1.54, 1.807) is 0 Å². The molecule has 0 N–H and O–H groups in total. The predicted molar refractivity (Wildman–Crippen MR) is 188 cm³/mol.